The van der Waals surface area contributed by atoms with E-state index in [0.717, 1.165) is 28.3 Å². The van der Waals surface area contributed by atoms with Gasteiger partial charge in [-0.05, 0) is 173 Å². The minimum absolute atomic E-state index is 1.10. The summed E-state index contributed by atoms with van der Waals surface area (Å²) in [4.78, 5) is 2.35. The molecular weight excluding hydrogens is 917 g/mol. The largest absolute Gasteiger partial charge is 0.310 e. The van der Waals surface area contributed by atoms with Crippen molar-refractivity contribution in [3.8, 4) is 72.4 Å². The van der Waals surface area contributed by atoms with E-state index in [2.05, 4.69) is 313 Å². The van der Waals surface area contributed by atoms with Crippen LogP contribution in [-0.2, 0) is 0 Å². The molecule has 0 radical (unpaired) electrons. The number of rotatable bonds is 10. The molecule has 2 nitrogen and oxygen atoms in total. The van der Waals surface area contributed by atoms with Crippen molar-refractivity contribution in [2.24, 2.45) is 0 Å². The van der Waals surface area contributed by atoms with Crippen LogP contribution in [0.2, 0.25) is 0 Å². The van der Waals surface area contributed by atoms with E-state index in [-0.39, 0.29) is 0 Å². The molecule has 13 aromatic carbocycles. The first-order valence-corrected chi connectivity index (χ1v) is 26.1. The van der Waals surface area contributed by atoms with Crippen LogP contribution in [0.25, 0.3) is 116 Å². The molecule has 0 saturated heterocycles. The standard InChI is InChI=1S/C74H50N2/c1-3-16-51(17-4-1)58-22-13-23-59(44-58)55-38-41-66(42-39-55)75(65-25-5-2-6-26-65)67-27-14-24-60(47-67)53-32-34-54(35-33-53)62-40-43-74-72(50-62)71-29-11-12-31-73(71)76(74)68-48-63(61-37-36-52-18-7-8-20-57(52)45-61)46-64(49-68)70-30-15-21-56-19-9-10-28-69(56)70/h1-50H. The summed E-state index contributed by atoms with van der Waals surface area (Å²) in [6.45, 7) is 0. The molecule has 1 heterocycles. The van der Waals surface area contributed by atoms with Crippen molar-refractivity contribution in [1.82, 2.24) is 4.57 Å². The first kappa shape index (κ1) is 44.7. The third-order valence-corrected chi connectivity index (χ3v) is 15.1. The monoisotopic (exact) mass is 966 g/mol. The Morgan fingerprint density at radius 2 is 0.671 bits per heavy atom. The van der Waals surface area contributed by atoms with E-state index in [1.807, 2.05) is 0 Å². The van der Waals surface area contributed by atoms with Crippen molar-refractivity contribution in [2.75, 3.05) is 4.90 Å². The first-order chi connectivity index (χ1) is 37.6. The predicted molar refractivity (Wildman–Crippen MR) is 323 cm³/mol. The summed E-state index contributed by atoms with van der Waals surface area (Å²) in [5.74, 6) is 0. The fourth-order valence-corrected chi connectivity index (χ4v) is 11.4. The molecule has 0 aliphatic heterocycles. The normalized spacial score (nSPS) is 11.4. The van der Waals surface area contributed by atoms with Gasteiger partial charge in [-0.25, -0.2) is 0 Å². The lowest BCUT2D eigenvalue weighted by Gasteiger charge is -2.26. The minimum Gasteiger partial charge on any atom is -0.310 e. The summed E-state index contributed by atoms with van der Waals surface area (Å²) in [7, 11) is 0. The average Bonchev–Trinajstić information content (AvgIpc) is 3.91. The van der Waals surface area contributed by atoms with E-state index >= 15 is 0 Å². The van der Waals surface area contributed by atoms with Crippen LogP contribution in [0.3, 0.4) is 0 Å². The van der Waals surface area contributed by atoms with Gasteiger partial charge in [-0.3, -0.25) is 0 Å². The Morgan fingerprint density at radius 1 is 0.211 bits per heavy atom. The molecule has 1 aromatic heterocycles. The summed E-state index contributed by atoms with van der Waals surface area (Å²) in [6.07, 6.45) is 0. The Labute approximate surface area is 443 Å². The fraction of sp³-hybridized carbons (Fsp3) is 0. The fourth-order valence-electron chi connectivity index (χ4n) is 11.4. The molecule has 0 unspecified atom stereocenters. The van der Waals surface area contributed by atoms with Gasteiger partial charge >= 0.3 is 0 Å². The Hall–Kier alpha value is -10.0. The molecule has 0 bridgehead atoms. The minimum atomic E-state index is 1.10. The molecular formula is C74H50N2. The van der Waals surface area contributed by atoms with Crippen molar-refractivity contribution in [3.63, 3.8) is 0 Å². The van der Waals surface area contributed by atoms with E-state index < -0.39 is 0 Å². The molecule has 2 heteroatoms. The Kier molecular flexibility index (Phi) is 11.2. The zero-order chi connectivity index (χ0) is 50.4. The number of fused-ring (bicyclic) bond motifs is 5. The van der Waals surface area contributed by atoms with Crippen LogP contribution < -0.4 is 4.90 Å². The number of para-hydroxylation sites is 2. The van der Waals surface area contributed by atoms with Crippen LogP contribution in [0.4, 0.5) is 17.1 Å². The third-order valence-electron chi connectivity index (χ3n) is 15.1. The van der Waals surface area contributed by atoms with E-state index in [0.29, 0.717) is 0 Å². The molecule has 0 N–H and O–H groups in total. The number of hydrogen-bond donors (Lipinski definition) is 0. The molecule has 0 aliphatic rings. The van der Waals surface area contributed by atoms with Gasteiger partial charge in [-0.1, -0.05) is 218 Å². The lowest BCUT2D eigenvalue weighted by Crippen LogP contribution is -2.09. The maximum atomic E-state index is 2.46. The van der Waals surface area contributed by atoms with Gasteiger partial charge in [-0.2, -0.15) is 0 Å². The van der Waals surface area contributed by atoms with Gasteiger partial charge in [-0.15, -0.1) is 0 Å². The average molecular weight is 967 g/mol. The molecule has 76 heavy (non-hydrogen) atoms. The molecule has 14 aromatic rings. The summed E-state index contributed by atoms with van der Waals surface area (Å²) in [5.41, 5.74) is 21.1. The number of nitrogens with zero attached hydrogens (tertiary/aromatic N) is 2. The van der Waals surface area contributed by atoms with E-state index in [9.17, 15) is 0 Å². The predicted octanol–water partition coefficient (Wildman–Crippen LogP) is 20.6. The van der Waals surface area contributed by atoms with Crippen molar-refractivity contribution in [1.29, 1.82) is 0 Å². The highest BCUT2D eigenvalue weighted by Gasteiger charge is 2.18. The van der Waals surface area contributed by atoms with Crippen LogP contribution in [0.1, 0.15) is 0 Å². The number of benzene rings is 13. The third kappa shape index (κ3) is 8.29. The number of aromatic nitrogens is 1. The van der Waals surface area contributed by atoms with Gasteiger partial charge in [0.05, 0.1) is 11.0 Å². The Morgan fingerprint density at radius 3 is 1.43 bits per heavy atom. The highest BCUT2D eigenvalue weighted by molar-refractivity contribution is 6.11. The molecule has 0 spiro atoms. The van der Waals surface area contributed by atoms with Crippen LogP contribution in [0.5, 0.6) is 0 Å². The van der Waals surface area contributed by atoms with Crippen molar-refractivity contribution in [3.05, 3.63) is 303 Å². The highest BCUT2D eigenvalue weighted by atomic mass is 15.1. The van der Waals surface area contributed by atoms with Crippen LogP contribution >= 0.6 is 0 Å². The summed E-state index contributed by atoms with van der Waals surface area (Å²) < 4.78 is 2.46. The zero-order valence-electron chi connectivity index (χ0n) is 41.8. The molecule has 0 aliphatic carbocycles. The summed E-state index contributed by atoms with van der Waals surface area (Å²) in [5, 5.41) is 7.40. The molecule has 0 atom stereocenters. The van der Waals surface area contributed by atoms with Gasteiger partial charge in [0, 0.05) is 33.5 Å². The highest BCUT2D eigenvalue weighted by Crippen LogP contribution is 2.42. The SMILES string of the molecule is c1ccc(-c2cccc(-c3ccc(N(c4ccccc4)c4cccc(-c5ccc(-c6ccc7c(c6)c6ccccc6n7-c6cc(-c7ccc8ccccc8c7)cc(-c7cccc8ccccc78)c6)cc5)c4)cc3)c2)cc1. The van der Waals surface area contributed by atoms with Crippen LogP contribution in [0, 0.1) is 0 Å². The molecule has 356 valence electrons. The van der Waals surface area contributed by atoms with Crippen molar-refractivity contribution < 1.29 is 0 Å². The van der Waals surface area contributed by atoms with Gasteiger partial charge in [0.15, 0.2) is 0 Å². The van der Waals surface area contributed by atoms with Gasteiger partial charge in [0.2, 0.25) is 0 Å². The van der Waals surface area contributed by atoms with E-state index in [1.165, 1.54) is 105 Å². The second-order valence-electron chi connectivity index (χ2n) is 19.7. The van der Waals surface area contributed by atoms with Gasteiger partial charge in [0.1, 0.15) is 0 Å². The van der Waals surface area contributed by atoms with Gasteiger partial charge in [0.25, 0.3) is 0 Å². The van der Waals surface area contributed by atoms with Gasteiger partial charge < -0.3 is 9.47 Å². The van der Waals surface area contributed by atoms with Crippen molar-refractivity contribution in [2.45, 2.75) is 0 Å². The first-order valence-electron chi connectivity index (χ1n) is 26.1. The zero-order valence-corrected chi connectivity index (χ0v) is 41.8. The lowest BCUT2D eigenvalue weighted by atomic mass is 9.93. The smallest absolute Gasteiger partial charge is 0.0541 e. The topological polar surface area (TPSA) is 8.17 Å². The van der Waals surface area contributed by atoms with Crippen LogP contribution in [0.15, 0.2) is 303 Å². The summed E-state index contributed by atoms with van der Waals surface area (Å²) >= 11 is 0. The molecule has 0 amide bonds. The molecule has 14 rings (SSSR count). The maximum Gasteiger partial charge on any atom is 0.0541 e. The second kappa shape index (κ2) is 19.1. The molecule has 0 fully saturated rings. The Bertz CT molecular complexity index is 4430. The molecule has 0 saturated carbocycles. The second-order valence-corrected chi connectivity index (χ2v) is 19.7. The van der Waals surface area contributed by atoms with Crippen molar-refractivity contribution >= 4 is 60.4 Å². The lowest BCUT2D eigenvalue weighted by molar-refractivity contribution is 1.18. The summed E-state index contributed by atoms with van der Waals surface area (Å²) in [6, 6.07) is 111. The van der Waals surface area contributed by atoms with Crippen LogP contribution in [-0.4, -0.2) is 4.57 Å². The van der Waals surface area contributed by atoms with E-state index in [4.69, 9.17) is 0 Å². The Balaban J connectivity index is 0.808. The van der Waals surface area contributed by atoms with E-state index in [1.54, 1.807) is 0 Å². The number of anilines is 3. The number of hydrogen-bond acceptors (Lipinski definition) is 1. The maximum absolute atomic E-state index is 2.46. The quantitative estimate of drug-likeness (QED) is 0.133.